The maximum absolute atomic E-state index is 10.4. The normalized spacial score (nSPS) is 15.4. The van der Waals surface area contributed by atoms with Crippen molar-refractivity contribution >= 4 is 17.3 Å². The Hall–Kier alpha value is -2.90. The van der Waals surface area contributed by atoms with Crippen LogP contribution in [0.2, 0.25) is 0 Å². The number of anilines is 3. The first-order valence-corrected chi connectivity index (χ1v) is 14.2. The van der Waals surface area contributed by atoms with Gasteiger partial charge < -0.3 is 49.6 Å². The molecule has 1 aliphatic rings. The summed E-state index contributed by atoms with van der Waals surface area (Å²) in [6.07, 6.45) is 1.50. The van der Waals surface area contributed by atoms with E-state index in [1.807, 2.05) is 34.7 Å². The summed E-state index contributed by atoms with van der Waals surface area (Å²) in [5, 5.41) is 20.5. The molecule has 2 aromatic rings. The summed E-state index contributed by atoms with van der Waals surface area (Å²) in [5.41, 5.74) is 1.15. The zero-order valence-electron chi connectivity index (χ0n) is 25.6. The van der Waals surface area contributed by atoms with Crippen molar-refractivity contribution in [2.45, 2.75) is 51.9 Å². The summed E-state index contributed by atoms with van der Waals surface area (Å²) < 4.78 is 28.7. The molecule has 1 aromatic heterocycles. The fraction of sp³-hybridized carbons (Fsp3) is 0.655. The van der Waals surface area contributed by atoms with Crippen molar-refractivity contribution in [2.24, 2.45) is 0 Å². The molecule has 0 fully saturated rings. The number of benzene rings is 1. The summed E-state index contributed by atoms with van der Waals surface area (Å²) in [5.74, 6) is 3.16. The highest BCUT2D eigenvalue weighted by Crippen LogP contribution is 2.42. The number of aliphatic hydroxyl groups is 1. The third-order valence-corrected chi connectivity index (χ3v) is 6.39. The average molecular weight is 577 g/mol. The van der Waals surface area contributed by atoms with Gasteiger partial charge in [0.05, 0.1) is 25.0 Å². The molecular formula is C29H48N6O6. The molecule has 2 atom stereocenters. The van der Waals surface area contributed by atoms with Gasteiger partial charge in [-0.05, 0) is 61.3 Å². The van der Waals surface area contributed by atoms with Crippen LogP contribution >= 0.6 is 0 Å². The van der Waals surface area contributed by atoms with Gasteiger partial charge in [0, 0.05) is 43.3 Å². The second kappa shape index (κ2) is 15.9. The zero-order chi connectivity index (χ0) is 29.8. The van der Waals surface area contributed by atoms with Gasteiger partial charge in [-0.1, -0.05) is 0 Å². The van der Waals surface area contributed by atoms with Crippen molar-refractivity contribution in [3.63, 3.8) is 0 Å². The number of nitrogens with one attached hydrogen (secondary N) is 3. The molecule has 0 spiro atoms. The molecular weight excluding hydrogens is 528 g/mol. The number of nitrogens with zero attached hydrogens (tertiary/aromatic N) is 3. The summed E-state index contributed by atoms with van der Waals surface area (Å²) in [7, 11) is 5.71. The first-order chi connectivity index (χ1) is 19.6. The number of rotatable bonds is 18. The molecule has 0 radical (unpaired) electrons. The SMILES string of the molecule is CCOCCOc1cc(OC)c(Nc2ncnc3c2C(CN(C)CCCNC)CN3)cc1OCC(O)OC(C)(C)C. The Bertz CT molecular complexity index is 1080. The maximum atomic E-state index is 10.4. The van der Waals surface area contributed by atoms with Crippen molar-refractivity contribution < 1.29 is 28.8 Å². The van der Waals surface area contributed by atoms with Crippen molar-refractivity contribution in [1.82, 2.24) is 20.2 Å². The lowest BCUT2D eigenvalue weighted by Gasteiger charge is -2.25. The van der Waals surface area contributed by atoms with Crippen molar-refractivity contribution in [3.8, 4) is 17.2 Å². The van der Waals surface area contributed by atoms with Crippen LogP contribution in [0.3, 0.4) is 0 Å². The highest BCUT2D eigenvalue weighted by Gasteiger charge is 2.29. The minimum atomic E-state index is -1.12. The topological polar surface area (TPSA) is 131 Å². The average Bonchev–Trinajstić information content (AvgIpc) is 3.33. The summed E-state index contributed by atoms with van der Waals surface area (Å²) in [6.45, 7) is 12.4. The number of hydrogen-bond donors (Lipinski definition) is 4. The first-order valence-electron chi connectivity index (χ1n) is 14.2. The van der Waals surface area contributed by atoms with Crippen LogP contribution in [0.15, 0.2) is 18.5 Å². The van der Waals surface area contributed by atoms with E-state index in [4.69, 9.17) is 23.7 Å². The molecule has 4 N–H and O–H groups in total. The standard InChI is InChI=1S/C29H48N6O6/c1-8-38-12-13-39-24-15-22(37-7)21(14-23(24)40-18-25(36)41-29(2,3)4)34-28-26-20(16-31-27(26)32-19-33-28)17-35(6)11-9-10-30-5/h14-15,19-20,25,30,36H,8-13,16-18H2,1-7H3,(H2,31,32,33,34). The summed E-state index contributed by atoms with van der Waals surface area (Å²) in [4.78, 5) is 11.4. The van der Waals surface area contributed by atoms with Crippen molar-refractivity contribution in [2.75, 3.05) is 84.4 Å². The number of aliphatic hydroxyl groups excluding tert-OH is 1. The molecule has 3 rings (SSSR count). The number of hydrogen-bond acceptors (Lipinski definition) is 12. The minimum Gasteiger partial charge on any atom is -0.494 e. The second-order valence-electron chi connectivity index (χ2n) is 10.9. The third kappa shape index (κ3) is 10.2. The number of ether oxygens (including phenoxy) is 5. The fourth-order valence-corrected chi connectivity index (χ4v) is 4.61. The van der Waals surface area contributed by atoms with Gasteiger partial charge in [0.1, 0.15) is 36.9 Å². The van der Waals surface area contributed by atoms with E-state index in [1.165, 1.54) is 0 Å². The monoisotopic (exact) mass is 576 g/mol. The predicted octanol–water partition coefficient (Wildman–Crippen LogP) is 3.21. The van der Waals surface area contributed by atoms with Gasteiger partial charge in [-0.25, -0.2) is 9.97 Å². The van der Waals surface area contributed by atoms with Gasteiger partial charge in [-0.2, -0.15) is 0 Å². The largest absolute Gasteiger partial charge is 0.494 e. The smallest absolute Gasteiger partial charge is 0.189 e. The van der Waals surface area contributed by atoms with Crippen LogP contribution in [0.5, 0.6) is 17.2 Å². The van der Waals surface area contributed by atoms with Crippen LogP contribution < -0.4 is 30.2 Å². The van der Waals surface area contributed by atoms with E-state index in [0.717, 1.165) is 44.0 Å². The molecule has 1 aliphatic heterocycles. The van der Waals surface area contributed by atoms with Gasteiger partial charge in [0.2, 0.25) is 0 Å². The first kappa shape index (κ1) is 32.6. The fourth-order valence-electron chi connectivity index (χ4n) is 4.61. The highest BCUT2D eigenvalue weighted by molar-refractivity contribution is 5.74. The Kier molecular flexibility index (Phi) is 12.7. The van der Waals surface area contributed by atoms with E-state index in [-0.39, 0.29) is 12.5 Å². The summed E-state index contributed by atoms with van der Waals surface area (Å²) in [6, 6.07) is 3.54. The van der Waals surface area contributed by atoms with Gasteiger partial charge in [-0.3, -0.25) is 0 Å². The van der Waals surface area contributed by atoms with E-state index in [9.17, 15) is 5.11 Å². The van der Waals surface area contributed by atoms with Crippen molar-refractivity contribution in [3.05, 3.63) is 24.0 Å². The molecule has 12 nitrogen and oxygen atoms in total. The van der Waals surface area contributed by atoms with Gasteiger partial charge in [-0.15, -0.1) is 0 Å². The molecule has 41 heavy (non-hydrogen) atoms. The van der Waals surface area contributed by atoms with Crippen LogP contribution in [-0.4, -0.2) is 106 Å². The molecule has 2 heterocycles. The highest BCUT2D eigenvalue weighted by atomic mass is 16.6. The van der Waals surface area contributed by atoms with Crippen molar-refractivity contribution in [1.29, 1.82) is 0 Å². The van der Waals surface area contributed by atoms with E-state index < -0.39 is 11.9 Å². The number of likely N-dealkylation sites (N-methyl/N-ethyl adjacent to an activating group) is 1. The van der Waals surface area contributed by atoms with Crippen LogP contribution in [0.1, 0.15) is 45.6 Å². The quantitative estimate of drug-likeness (QED) is 0.153. The van der Waals surface area contributed by atoms with E-state index in [1.54, 1.807) is 25.6 Å². The molecule has 0 aliphatic carbocycles. The number of fused-ring (bicyclic) bond motifs is 1. The van der Waals surface area contributed by atoms with Gasteiger partial charge in [0.25, 0.3) is 0 Å². The Balaban J connectivity index is 1.85. The zero-order valence-corrected chi connectivity index (χ0v) is 25.6. The second-order valence-corrected chi connectivity index (χ2v) is 10.9. The van der Waals surface area contributed by atoms with Crippen LogP contribution in [0.4, 0.5) is 17.3 Å². The molecule has 0 amide bonds. The van der Waals surface area contributed by atoms with Crippen LogP contribution in [0, 0.1) is 0 Å². The lowest BCUT2D eigenvalue weighted by Crippen LogP contribution is -2.31. The van der Waals surface area contributed by atoms with Gasteiger partial charge >= 0.3 is 0 Å². The molecule has 12 heteroatoms. The molecule has 0 saturated heterocycles. The van der Waals surface area contributed by atoms with Crippen LogP contribution in [-0.2, 0) is 9.47 Å². The van der Waals surface area contributed by atoms with Crippen LogP contribution in [0.25, 0.3) is 0 Å². The minimum absolute atomic E-state index is 0.0837. The lowest BCUT2D eigenvalue weighted by molar-refractivity contribution is -0.178. The third-order valence-electron chi connectivity index (χ3n) is 6.39. The number of methoxy groups -OCH3 is 1. The Morgan fingerprint density at radius 3 is 2.63 bits per heavy atom. The molecule has 0 bridgehead atoms. The lowest BCUT2D eigenvalue weighted by atomic mass is 10.0. The Morgan fingerprint density at radius 1 is 1.15 bits per heavy atom. The van der Waals surface area contributed by atoms with E-state index in [2.05, 4.69) is 37.9 Å². The van der Waals surface area contributed by atoms with E-state index in [0.29, 0.717) is 48.6 Å². The predicted molar refractivity (Wildman–Crippen MR) is 160 cm³/mol. The van der Waals surface area contributed by atoms with Gasteiger partial charge in [0.15, 0.2) is 17.8 Å². The van der Waals surface area contributed by atoms with E-state index >= 15 is 0 Å². The summed E-state index contributed by atoms with van der Waals surface area (Å²) >= 11 is 0. The molecule has 2 unspecified atom stereocenters. The maximum Gasteiger partial charge on any atom is 0.189 e. The number of aromatic nitrogens is 2. The molecule has 230 valence electrons. The molecule has 1 aromatic carbocycles. The Morgan fingerprint density at radius 2 is 1.93 bits per heavy atom. The molecule has 0 saturated carbocycles. The Labute approximate surface area is 244 Å².